The predicted molar refractivity (Wildman–Crippen MR) is 74.8 cm³/mol. The standard InChI is InChI=1S/C15H10F3N3O2/c1-23-14(22)9-6-7-21-12(8-9)19-13(20-21)10-4-2-3-5-11(10)15(16,17)18/h2-8H,1H3. The quantitative estimate of drug-likeness (QED) is 0.680. The number of halogens is 3. The van der Waals surface area contributed by atoms with Crippen LogP contribution in [0.25, 0.3) is 17.0 Å². The number of rotatable bonds is 2. The summed E-state index contributed by atoms with van der Waals surface area (Å²) in [6.45, 7) is 0. The third-order valence-electron chi connectivity index (χ3n) is 3.23. The maximum Gasteiger partial charge on any atom is 0.417 e. The molecule has 0 saturated heterocycles. The summed E-state index contributed by atoms with van der Waals surface area (Å²) in [7, 11) is 1.24. The highest BCUT2D eigenvalue weighted by molar-refractivity contribution is 5.90. The van der Waals surface area contributed by atoms with E-state index in [1.807, 2.05) is 0 Å². The molecule has 3 rings (SSSR count). The fraction of sp³-hybridized carbons (Fsp3) is 0.133. The van der Waals surface area contributed by atoms with Crippen molar-refractivity contribution in [2.24, 2.45) is 0 Å². The molecule has 0 fully saturated rings. The Kier molecular flexibility index (Phi) is 3.51. The molecule has 23 heavy (non-hydrogen) atoms. The van der Waals surface area contributed by atoms with Crippen molar-refractivity contribution < 1.29 is 22.7 Å². The van der Waals surface area contributed by atoms with Gasteiger partial charge in [-0.3, -0.25) is 0 Å². The number of fused-ring (bicyclic) bond motifs is 1. The zero-order valence-corrected chi connectivity index (χ0v) is 11.8. The van der Waals surface area contributed by atoms with Crippen molar-refractivity contribution >= 4 is 11.6 Å². The highest BCUT2D eigenvalue weighted by Gasteiger charge is 2.34. The lowest BCUT2D eigenvalue weighted by Gasteiger charge is -2.09. The molecule has 2 heterocycles. The number of pyridine rings is 1. The van der Waals surface area contributed by atoms with E-state index < -0.39 is 17.7 Å². The van der Waals surface area contributed by atoms with Crippen LogP contribution in [0, 0.1) is 0 Å². The average molecular weight is 321 g/mol. The number of esters is 1. The summed E-state index contributed by atoms with van der Waals surface area (Å²) in [6.07, 6.45) is -3.07. The van der Waals surface area contributed by atoms with E-state index in [0.29, 0.717) is 0 Å². The van der Waals surface area contributed by atoms with Crippen LogP contribution in [0.5, 0.6) is 0 Å². The van der Waals surface area contributed by atoms with Gasteiger partial charge in [0.25, 0.3) is 0 Å². The molecule has 3 aromatic rings. The van der Waals surface area contributed by atoms with Crippen molar-refractivity contribution in [1.82, 2.24) is 14.6 Å². The number of ether oxygens (including phenoxy) is 1. The Hall–Kier alpha value is -2.90. The molecule has 0 N–H and O–H groups in total. The maximum absolute atomic E-state index is 13.1. The van der Waals surface area contributed by atoms with E-state index in [9.17, 15) is 18.0 Å². The molecule has 1 aromatic carbocycles. The Morgan fingerprint density at radius 1 is 1.22 bits per heavy atom. The van der Waals surface area contributed by atoms with Crippen molar-refractivity contribution in [2.75, 3.05) is 7.11 Å². The van der Waals surface area contributed by atoms with Crippen LogP contribution < -0.4 is 0 Å². The molecule has 0 amide bonds. The van der Waals surface area contributed by atoms with Gasteiger partial charge in [0.15, 0.2) is 11.5 Å². The molecule has 0 aliphatic heterocycles. The van der Waals surface area contributed by atoms with Gasteiger partial charge >= 0.3 is 12.1 Å². The average Bonchev–Trinajstić information content (AvgIpc) is 2.96. The van der Waals surface area contributed by atoms with Crippen molar-refractivity contribution in [3.05, 3.63) is 53.7 Å². The Balaban J connectivity index is 2.14. The van der Waals surface area contributed by atoms with E-state index in [1.54, 1.807) is 0 Å². The monoisotopic (exact) mass is 321 g/mol. The summed E-state index contributed by atoms with van der Waals surface area (Å²) in [4.78, 5) is 15.6. The molecular weight excluding hydrogens is 311 g/mol. The van der Waals surface area contributed by atoms with Crippen LogP contribution in [0.3, 0.4) is 0 Å². The van der Waals surface area contributed by atoms with Crippen LogP contribution in [0.2, 0.25) is 0 Å². The summed E-state index contributed by atoms with van der Waals surface area (Å²) in [6, 6.07) is 7.92. The van der Waals surface area contributed by atoms with Gasteiger partial charge in [-0.05, 0) is 18.2 Å². The van der Waals surface area contributed by atoms with Crippen LogP contribution in [-0.4, -0.2) is 27.7 Å². The molecule has 2 aromatic heterocycles. The lowest BCUT2D eigenvalue weighted by molar-refractivity contribution is -0.137. The molecule has 0 aliphatic carbocycles. The fourth-order valence-electron chi connectivity index (χ4n) is 2.17. The number of methoxy groups -OCH3 is 1. The predicted octanol–water partition coefficient (Wildman–Crippen LogP) is 3.20. The van der Waals surface area contributed by atoms with E-state index in [4.69, 9.17) is 0 Å². The second-order valence-electron chi connectivity index (χ2n) is 4.69. The topological polar surface area (TPSA) is 56.5 Å². The van der Waals surface area contributed by atoms with Gasteiger partial charge in [0.05, 0.1) is 18.2 Å². The minimum Gasteiger partial charge on any atom is -0.465 e. The molecular formula is C15H10F3N3O2. The van der Waals surface area contributed by atoms with Crippen molar-refractivity contribution in [3.63, 3.8) is 0 Å². The lowest BCUT2D eigenvalue weighted by Crippen LogP contribution is -2.07. The van der Waals surface area contributed by atoms with E-state index >= 15 is 0 Å². The van der Waals surface area contributed by atoms with Gasteiger partial charge in [-0.25, -0.2) is 14.3 Å². The number of carbonyl (C=O) groups is 1. The summed E-state index contributed by atoms with van der Waals surface area (Å²) in [5.74, 6) is -0.632. The largest absolute Gasteiger partial charge is 0.465 e. The van der Waals surface area contributed by atoms with Crippen LogP contribution in [0.4, 0.5) is 13.2 Å². The molecule has 5 nitrogen and oxygen atoms in total. The van der Waals surface area contributed by atoms with E-state index in [0.717, 1.165) is 6.07 Å². The SMILES string of the molecule is COC(=O)c1ccn2nc(-c3ccccc3C(F)(F)F)nc2c1. The number of alkyl halides is 3. The van der Waals surface area contributed by atoms with Gasteiger partial charge in [-0.15, -0.1) is 5.10 Å². The van der Waals surface area contributed by atoms with Gasteiger partial charge in [0.1, 0.15) is 0 Å². The third kappa shape index (κ3) is 2.75. The van der Waals surface area contributed by atoms with Crippen molar-refractivity contribution in [1.29, 1.82) is 0 Å². The van der Waals surface area contributed by atoms with Crippen LogP contribution in [-0.2, 0) is 10.9 Å². The van der Waals surface area contributed by atoms with Crippen LogP contribution >= 0.6 is 0 Å². The second-order valence-corrected chi connectivity index (χ2v) is 4.69. The Labute approximate surface area is 128 Å². The number of hydrogen-bond donors (Lipinski definition) is 0. The van der Waals surface area contributed by atoms with E-state index in [1.165, 1.54) is 48.2 Å². The molecule has 118 valence electrons. The number of benzene rings is 1. The first kappa shape index (κ1) is 15.0. The lowest BCUT2D eigenvalue weighted by atomic mass is 10.1. The molecule has 0 saturated carbocycles. The Morgan fingerprint density at radius 3 is 2.65 bits per heavy atom. The zero-order valence-electron chi connectivity index (χ0n) is 11.8. The van der Waals surface area contributed by atoms with Crippen LogP contribution in [0.15, 0.2) is 42.6 Å². The first-order chi connectivity index (χ1) is 10.9. The Bertz CT molecular complexity index is 887. The molecule has 0 spiro atoms. The number of nitrogens with zero attached hydrogens (tertiary/aromatic N) is 3. The normalized spacial score (nSPS) is 11.7. The first-order valence-corrected chi connectivity index (χ1v) is 6.51. The zero-order chi connectivity index (χ0) is 16.6. The summed E-state index contributed by atoms with van der Waals surface area (Å²) in [5, 5.41) is 4.04. The van der Waals surface area contributed by atoms with E-state index in [-0.39, 0.29) is 22.6 Å². The smallest absolute Gasteiger partial charge is 0.417 e. The molecule has 0 bridgehead atoms. The minimum atomic E-state index is -4.51. The highest BCUT2D eigenvalue weighted by atomic mass is 19.4. The molecule has 0 unspecified atom stereocenters. The molecule has 0 radical (unpaired) electrons. The molecule has 0 atom stereocenters. The highest BCUT2D eigenvalue weighted by Crippen LogP contribution is 2.35. The van der Waals surface area contributed by atoms with Crippen molar-refractivity contribution in [3.8, 4) is 11.4 Å². The summed E-state index contributed by atoms with van der Waals surface area (Å²) in [5.41, 5.74) is -0.449. The summed E-state index contributed by atoms with van der Waals surface area (Å²) < 4.78 is 45.1. The fourth-order valence-corrected chi connectivity index (χ4v) is 2.17. The third-order valence-corrected chi connectivity index (χ3v) is 3.23. The number of hydrogen-bond acceptors (Lipinski definition) is 4. The van der Waals surface area contributed by atoms with Crippen LogP contribution in [0.1, 0.15) is 15.9 Å². The number of carbonyl (C=O) groups excluding carboxylic acids is 1. The minimum absolute atomic E-state index is 0.0695. The first-order valence-electron chi connectivity index (χ1n) is 6.51. The van der Waals surface area contributed by atoms with Crippen molar-refractivity contribution in [2.45, 2.75) is 6.18 Å². The van der Waals surface area contributed by atoms with Gasteiger partial charge in [-0.2, -0.15) is 13.2 Å². The molecule has 0 aliphatic rings. The second kappa shape index (κ2) is 5.38. The van der Waals surface area contributed by atoms with Gasteiger partial charge < -0.3 is 4.74 Å². The van der Waals surface area contributed by atoms with E-state index in [2.05, 4.69) is 14.8 Å². The summed E-state index contributed by atoms with van der Waals surface area (Å²) >= 11 is 0. The Morgan fingerprint density at radius 2 is 1.96 bits per heavy atom. The number of aromatic nitrogens is 3. The molecule has 8 heteroatoms. The van der Waals surface area contributed by atoms with Gasteiger partial charge in [0, 0.05) is 11.8 Å². The van der Waals surface area contributed by atoms with Gasteiger partial charge in [-0.1, -0.05) is 18.2 Å². The maximum atomic E-state index is 13.1. The van der Waals surface area contributed by atoms with Gasteiger partial charge in [0.2, 0.25) is 0 Å².